The molecule has 0 saturated heterocycles. The molecule has 6 heteroatoms. The lowest BCUT2D eigenvalue weighted by Crippen LogP contribution is -2.18. The fraction of sp³-hybridized carbons (Fsp3) is 0.200. The fourth-order valence-electron chi connectivity index (χ4n) is 2.33. The summed E-state index contributed by atoms with van der Waals surface area (Å²) in [6, 6.07) is 15.4. The maximum Gasteiger partial charge on any atom is 0.240 e. The summed E-state index contributed by atoms with van der Waals surface area (Å²) in [6.07, 6.45) is 0. The normalized spacial score (nSPS) is 17.5. The lowest BCUT2D eigenvalue weighted by molar-refractivity contribution is 0.588. The van der Waals surface area contributed by atoms with Gasteiger partial charge in [0.2, 0.25) is 10.0 Å². The van der Waals surface area contributed by atoms with Crippen molar-refractivity contribution >= 4 is 27.5 Å². The van der Waals surface area contributed by atoms with E-state index in [0.29, 0.717) is 0 Å². The van der Waals surface area contributed by atoms with Gasteiger partial charge in [-0.25, -0.2) is 13.1 Å². The Bertz CT molecular complexity index is 743. The topological polar surface area (TPSA) is 58.2 Å². The third kappa shape index (κ3) is 2.92. The highest BCUT2D eigenvalue weighted by molar-refractivity contribution is 7.99. The maximum absolute atomic E-state index is 11.7. The minimum absolute atomic E-state index is 0.262. The monoisotopic (exact) mass is 320 g/mol. The van der Waals surface area contributed by atoms with Gasteiger partial charge in [0.25, 0.3) is 0 Å². The molecule has 0 bridgehead atoms. The van der Waals surface area contributed by atoms with Crippen molar-refractivity contribution < 1.29 is 8.42 Å². The van der Waals surface area contributed by atoms with Crippen LogP contribution in [0.15, 0.2) is 58.3 Å². The first kappa shape index (κ1) is 14.4. The molecule has 110 valence electrons. The average molecular weight is 320 g/mol. The molecule has 0 aromatic heterocycles. The SMILES string of the molecule is CNS(=O)(=O)c1ccc(NC2CSc3ccccc32)cc1. The first-order valence-electron chi connectivity index (χ1n) is 6.62. The van der Waals surface area contributed by atoms with E-state index >= 15 is 0 Å². The van der Waals surface area contributed by atoms with Crippen LogP contribution in [-0.4, -0.2) is 21.2 Å². The number of nitrogens with one attached hydrogen (secondary N) is 2. The van der Waals surface area contributed by atoms with Crippen molar-refractivity contribution in [1.82, 2.24) is 4.72 Å². The molecular formula is C15H16N2O2S2. The number of anilines is 1. The van der Waals surface area contributed by atoms with E-state index in [-0.39, 0.29) is 10.9 Å². The largest absolute Gasteiger partial charge is 0.377 e. The molecule has 2 N–H and O–H groups in total. The third-order valence-electron chi connectivity index (χ3n) is 3.47. The summed E-state index contributed by atoms with van der Waals surface area (Å²) in [6.45, 7) is 0. The van der Waals surface area contributed by atoms with Crippen LogP contribution in [0.2, 0.25) is 0 Å². The molecule has 0 fully saturated rings. The molecule has 2 aromatic rings. The molecule has 0 aliphatic carbocycles. The van der Waals surface area contributed by atoms with Crippen LogP contribution < -0.4 is 10.0 Å². The van der Waals surface area contributed by atoms with E-state index in [9.17, 15) is 8.42 Å². The van der Waals surface area contributed by atoms with E-state index in [1.807, 2.05) is 23.9 Å². The van der Waals surface area contributed by atoms with Gasteiger partial charge in [0.05, 0.1) is 10.9 Å². The van der Waals surface area contributed by atoms with Crippen molar-refractivity contribution in [2.45, 2.75) is 15.8 Å². The molecule has 1 aliphatic heterocycles. The molecule has 21 heavy (non-hydrogen) atoms. The van der Waals surface area contributed by atoms with E-state index in [4.69, 9.17) is 0 Å². The Morgan fingerprint density at radius 2 is 1.81 bits per heavy atom. The van der Waals surface area contributed by atoms with E-state index in [0.717, 1.165) is 11.4 Å². The Morgan fingerprint density at radius 3 is 2.52 bits per heavy atom. The molecule has 1 unspecified atom stereocenters. The molecule has 3 rings (SSSR count). The van der Waals surface area contributed by atoms with Crippen LogP contribution in [0.25, 0.3) is 0 Å². The molecule has 0 amide bonds. The highest BCUT2D eigenvalue weighted by Gasteiger charge is 2.22. The predicted octanol–water partition coefficient (Wildman–Crippen LogP) is 2.85. The highest BCUT2D eigenvalue weighted by Crippen LogP contribution is 2.39. The number of fused-ring (bicyclic) bond motifs is 1. The van der Waals surface area contributed by atoms with E-state index in [1.54, 1.807) is 24.3 Å². The van der Waals surface area contributed by atoms with Crippen molar-refractivity contribution in [2.24, 2.45) is 0 Å². The Labute approximate surface area is 129 Å². The van der Waals surface area contributed by atoms with Crippen molar-refractivity contribution in [3.63, 3.8) is 0 Å². The predicted molar refractivity (Wildman–Crippen MR) is 86.2 cm³/mol. The first-order chi connectivity index (χ1) is 10.1. The molecular weight excluding hydrogens is 304 g/mol. The summed E-state index contributed by atoms with van der Waals surface area (Å²) in [7, 11) is -1.96. The van der Waals surface area contributed by atoms with Crippen LogP contribution in [0.3, 0.4) is 0 Å². The second kappa shape index (κ2) is 5.71. The minimum atomic E-state index is -3.37. The summed E-state index contributed by atoms with van der Waals surface area (Å²) in [5, 5.41) is 3.46. The van der Waals surface area contributed by atoms with Gasteiger partial charge in [-0.15, -0.1) is 11.8 Å². The Hall–Kier alpha value is -1.50. The number of sulfonamides is 1. The molecule has 0 saturated carbocycles. The molecule has 1 atom stereocenters. The van der Waals surface area contributed by atoms with Gasteiger partial charge in [0.1, 0.15) is 0 Å². The zero-order chi connectivity index (χ0) is 14.9. The van der Waals surface area contributed by atoms with Gasteiger partial charge in [0, 0.05) is 16.3 Å². The number of hydrogen-bond acceptors (Lipinski definition) is 4. The van der Waals surface area contributed by atoms with E-state index in [1.165, 1.54) is 17.5 Å². The standard InChI is InChI=1S/C15H16N2O2S2/c1-16-21(18,19)12-8-6-11(7-9-12)17-14-10-20-15-5-3-2-4-13(14)15/h2-9,14,16-17H,10H2,1H3. The smallest absolute Gasteiger partial charge is 0.240 e. The van der Waals surface area contributed by atoms with Crippen LogP contribution in [-0.2, 0) is 10.0 Å². The molecule has 1 aliphatic rings. The zero-order valence-corrected chi connectivity index (χ0v) is 13.2. The summed E-state index contributed by atoms with van der Waals surface area (Å²) in [4.78, 5) is 1.58. The average Bonchev–Trinajstić information content (AvgIpc) is 2.91. The number of rotatable bonds is 4. The summed E-state index contributed by atoms with van der Waals surface area (Å²) in [5.41, 5.74) is 2.22. The van der Waals surface area contributed by atoms with Crippen LogP contribution in [0.5, 0.6) is 0 Å². The van der Waals surface area contributed by atoms with Gasteiger partial charge in [-0.05, 0) is 42.9 Å². The van der Waals surface area contributed by atoms with E-state index in [2.05, 4.69) is 22.2 Å². The van der Waals surface area contributed by atoms with E-state index < -0.39 is 10.0 Å². The van der Waals surface area contributed by atoms with Gasteiger partial charge in [-0.1, -0.05) is 18.2 Å². The van der Waals surface area contributed by atoms with Gasteiger partial charge >= 0.3 is 0 Å². The number of benzene rings is 2. The number of thioether (sulfide) groups is 1. The van der Waals surface area contributed by atoms with Crippen molar-refractivity contribution in [2.75, 3.05) is 18.1 Å². The minimum Gasteiger partial charge on any atom is -0.377 e. The van der Waals surface area contributed by atoms with Gasteiger partial charge < -0.3 is 5.32 Å². The highest BCUT2D eigenvalue weighted by atomic mass is 32.2. The first-order valence-corrected chi connectivity index (χ1v) is 9.09. The molecule has 1 heterocycles. The summed E-state index contributed by atoms with van der Waals surface area (Å²) >= 11 is 1.84. The Kier molecular flexibility index (Phi) is 3.93. The molecule has 4 nitrogen and oxygen atoms in total. The molecule has 0 radical (unpaired) electrons. The van der Waals surface area contributed by atoms with Gasteiger partial charge in [-0.2, -0.15) is 0 Å². The quantitative estimate of drug-likeness (QED) is 0.909. The lowest BCUT2D eigenvalue weighted by Gasteiger charge is -2.15. The maximum atomic E-state index is 11.7. The second-order valence-electron chi connectivity index (χ2n) is 4.78. The molecule has 0 spiro atoms. The third-order valence-corrected chi connectivity index (χ3v) is 6.09. The van der Waals surface area contributed by atoms with Crippen molar-refractivity contribution in [3.05, 3.63) is 54.1 Å². The zero-order valence-electron chi connectivity index (χ0n) is 11.5. The van der Waals surface area contributed by atoms with Gasteiger partial charge in [-0.3, -0.25) is 0 Å². The van der Waals surface area contributed by atoms with Crippen LogP contribution in [0.1, 0.15) is 11.6 Å². The summed E-state index contributed by atoms with van der Waals surface area (Å²) < 4.78 is 25.7. The number of hydrogen-bond donors (Lipinski definition) is 2. The second-order valence-corrected chi connectivity index (χ2v) is 7.73. The Morgan fingerprint density at radius 1 is 1.10 bits per heavy atom. The van der Waals surface area contributed by atoms with Gasteiger partial charge in [0.15, 0.2) is 0 Å². The van der Waals surface area contributed by atoms with Crippen LogP contribution in [0, 0.1) is 0 Å². The fourth-order valence-corrected chi connectivity index (χ4v) is 4.22. The molecule has 2 aromatic carbocycles. The lowest BCUT2D eigenvalue weighted by atomic mass is 10.1. The Balaban J connectivity index is 1.78. The van der Waals surface area contributed by atoms with Crippen LogP contribution >= 0.6 is 11.8 Å². The van der Waals surface area contributed by atoms with Crippen molar-refractivity contribution in [1.29, 1.82) is 0 Å². The summed E-state index contributed by atoms with van der Waals surface area (Å²) in [5.74, 6) is 0.982. The van der Waals surface area contributed by atoms with Crippen molar-refractivity contribution in [3.8, 4) is 0 Å². The van der Waals surface area contributed by atoms with Crippen LogP contribution in [0.4, 0.5) is 5.69 Å².